The second-order valence-corrected chi connectivity index (χ2v) is 5.77. The Bertz CT molecular complexity index is 806. The zero-order chi connectivity index (χ0) is 16.7. The third kappa shape index (κ3) is 2.58. The van der Waals surface area contributed by atoms with Gasteiger partial charge in [-0.25, -0.2) is 4.90 Å². The van der Waals surface area contributed by atoms with Crippen LogP contribution in [0.5, 0.6) is 0 Å². The van der Waals surface area contributed by atoms with Crippen LogP contribution < -0.4 is 10.2 Å². The molecule has 0 fully saturated rings. The predicted octanol–water partition coefficient (Wildman–Crippen LogP) is 3.75. The van der Waals surface area contributed by atoms with E-state index in [4.69, 9.17) is 23.2 Å². The maximum Gasteiger partial charge on any atom is 0.266 e. The van der Waals surface area contributed by atoms with E-state index < -0.39 is 11.8 Å². The number of hydrogen-bond donors (Lipinski definition) is 1. The van der Waals surface area contributed by atoms with Gasteiger partial charge in [0.15, 0.2) is 0 Å². The highest BCUT2D eigenvalue weighted by atomic mass is 35.5. The number of fused-ring (bicyclic) bond motifs is 1. The summed E-state index contributed by atoms with van der Waals surface area (Å²) >= 11 is 12.2. The Kier molecular flexibility index (Phi) is 3.83. The molecule has 0 radical (unpaired) electrons. The molecule has 0 bridgehead atoms. The monoisotopic (exact) mass is 348 g/mol. The van der Waals surface area contributed by atoms with Crippen molar-refractivity contribution >= 4 is 52.3 Å². The molecule has 1 N–H and O–H groups in total. The normalized spacial score (nSPS) is 13.3. The first-order chi connectivity index (χ1) is 10.9. The highest BCUT2D eigenvalue weighted by Gasteiger charge is 2.36. The zero-order valence-corrected chi connectivity index (χ0v) is 13.4. The summed E-state index contributed by atoms with van der Waals surface area (Å²) in [6.45, 7) is 1.32. The number of rotatable bonds is 2. The van der Waals surface area contributed by atoms with Crippen molar-refractivity contribution in [3.05, 3.63) is 57.6 Å². The molecule has 1 heterocycles. The number of carbonyl (C=O) groups is 3. The van der Waals surface area contributed by atoms with Crippen LogP contribution in [0.25, 0.3) is 0 Å². The average molecular weight is 349 g/mol. The Balaban J connectivity index is 2.06. The lowest BCUT2D eigenvalue weighted by molar-refractivity contribution is -0.114. The van der Waals surface area contributed by atoms with Gasteiger partial charge in [-0.2, -0.15) is 0 Å². The Morgan fingerprint density at radius 3 is 1.91 bits per heavy atom. The summed E-state index contributed by atoms with van der Waals surface area (Å²) in [7, 11) is 0. The van der Waals surface area contributed by atoms with Gasteiger partial charge >= 0.3 is 0 Å². The number of anilines is 2. The highest BCUT2D eigenvalue weighted by Crippen LogP contribution is 2.37. The SMILES string of the molecule is CC(=O)Nc1c(Cl)cc(N2C(=O)c3ccccc3C2=O)cc1Cl. The number of carbonyl (C=O) groups excluding carboxylic acids is 3. The lowest BCUT2D eigenvalue weighted by Crippen LogP contribution is -2.29. The summed E-state index contributed by atoms with van der Waals surface area (Å²) in [6, 6.07) is 9.39. The van der Waals surface area contributed by atoms with Gasteiger partial charge in [0.2, 0.25) is 5.91 Å². The summed E-state index contributed by atoms with van der Waals surface area (Å²) in [5.74, 6) is -1.21. The van der Waals surface area contributed by atoms with Gasteiger partial charge in [0, 0.05) is 6.92 Å². The Morgan fingerprint density at radius 1 is 1.00 bits per heavy atom. The molecule has 3 rings (SSSR count). The van der Waals surface area contributed by atoms with E-state index in [-0.39, 0.29) is 27.3 Å². The smallest absolute Gasteiger partial charge is 0.266 e. The van der Waals surface area contributed by atoms with E-state index in [1.807, 2.05) is 0 Å². The third-order valence-electron chi connectivity index (χ3n) is 3.38. The first-order valence-corrected chi connectivity index (χ1v) is 7.40. The molecular weight excluding hydrogens is 339 g/mol. The van der Waals surface area contributed by atoms with Crippen molar-refractivity contribution in [3.63, 3.8) is 0 Å². The minimum atomic E-state index is -0.440. The van der Waals surface area contributed by atoms with Crippen LogP contribution in [0.15, 0.2) is 36.4 Å². The second kappa shape index (κ2) is 5.68. The molecule has 116 valence electrons. The molecule has 0 saturated heterocycles. The van der Waals surface area contributed by atoms with Crippen molar-refractivity contribution in [3.8, 4) is 0 Å². The van der Waals surface area contributed by atoms with E-state index in [0.717, 1.165) is 4.90 Å². The van der Waals surface area contributed by atoms with Gasteiger partial charge in [0.1, 0.15) is 0 Å². The second-order valence-electron chi connectivity index (χ2n) is 4.96. The minimum Gasteiger partial charge on any atom is -0.324 e. The summed E-state index contributed by atoms with van der Waals surface area (Å²) in [4.78, 5) is 37.1. The maximum atomic E-state index is 12.4. The number of nitrogens with zero attached hydrogens (tertiary/aromatic N) is 1. The number of nitrogens with one attached hydrogen (secondary N) is 1. The minimum absolute atomic E-state index is 0.138. The molecule has 7 heteroatoms. The summed E-state index contributed by atoms with van der Waals surface area (Å²) in [6.07, 6.45) is 0. The first-order valence-electron chi connectivity index (χ1n) is 6.64. The van der Waals surface area contributed by atoms with Crippen molar-refractivity contribution < 1.29 is 14.4 Å². The van der Waals surface area contributed by atoms with E-state index in [1.165, 1.54) is 19.1 Å². The largest absolute Gasteiger partial charge is 0.324 e. The summed E-state index contributed by atoms with van der Waals surface area (Å²) in [5, 5.41) is 2.78. The summed E-state index contributed by atoms with van der Waals surface area (Å²) < 4.78 is 0. The fourth-order valence-electron chi connectivity index (χ4n) is 2.41. The number of benzene rings is 2. The lowest BCUT2D eigenvalue weighted by atomic mass is 10.1. The van der Waals surface area contributed by atoms with Gasteiger partial charge in [-0.15, -0.1) is 0 Å². The lowest BCUT2D eigenvalue weighted by Gasteiger charge is -2.17. The van der Waals surface area contributed by atoms with Crippen LogP contribution >= 0.6 is 23.2 Å². The van der Waals surface area contributed by atoms with Crippen LogP contribution in [0, 0.1) is 0 Å². The zero-order valence-electron chi connectivity index (χ0n) is 11.9. The van der Waals surface area contributed by atoms with E-state index in [1.54, 1.807) is 24.3 Å². The van der Waals surface area contributed by atoms with Crippen LogP contribution in [-0.2, 0) is 4.79 Å². The quantitative estimate of drug-likeness (QED) is 0.840. The fourth-order valence-corrected chi connectivity index (χ4v) is 2.98. The Hall–Kier alpha value is -2.37. The summed E-state index contributed by atoms with van der Waals surface area (Å²) in [5.41, 5.74) is 1.15. The molecule has 1 aliphatic rings. The molecule has 1 aliphatic heterocycles. The number of imide groups is 1. The fraction of sp³-hybridized carbons (Fsp3) is 0.0625. The van der Waals surface area contributed by atoms with Gasteiger partial charge in [0.25, 0.3) is 11.8 Å². The number of halogens is 2. The molecule has 0 spiro atoms. The van der Waals surface area contributed by atoms with E-state index in [9.17, 15) is 14.4 Å². The third-order valence-corrected chi connectivity index (χ3v) is 3.98. The molecule has 3 amide bonds. The predicted molar refractivity (Wildman–Crippen MR) is 88.3 cm³/mol. The maximum absolute atomic E-state index is 12.4. The molecule has 2 aromatic rings. The van der Waals surface area contributed by atoms with Crippen molar-refractivity contribution in [2.24, 2.45) is 0 Å². The first kappa shape index (κ1) is 15.5. The van der Waals surface area contributed by atoms with Gasteiger partial charge in [-0.05, 0) is 24.3 Å². The Labute approximate surface area is 141 Å². The molecule has 0 atom stereocenters. The number of amides is 3. The Morgan fingerprint density at radius 2 is 1.48 bits per heavy atom. The molecule has 23 heavy (non-hydrogen) atoms. The molecule has 5 nitrogen and oxygen atoms in total. The molecular formula is C16H10Cl2N2O3. The van der Waals surface area contributed by atoms with Crippen LogP contribution in [0.3, 0.4) is 0 Å². The molecule has 0 aromatic heterocycles. The van der Waals surface area contributed by atoms with Gasteiger partial charge in [-0.3, -0.25) is 14.4 Å². The molecule has 0 saturated carbocycles. The topological polar surface area (TPSA) is 66.5 Å². The van der Waals surface area contributed by atoms with E-state index in [2.05, 4.69) is 5.32 Å². The molecule has 2 aromatic carbocycles. The van der Waals surface area contributed by atoms with Gasteiger partial charge < -0.3 is 5.32 Å². The van der Waals surface area contributed by atoms with Crippen LogP contribution in [0.4, 0.5) is 11.4 Å². The average Bonchev–Trinajstić information content (AvgIpc) is 2.75. The molecule has 0 aliphatic carbocycles. The van der Waals surface area contributed by atoms with Gasteiger partial charge in [0.05, 0.1) is 32.5 Å². The van der Waals surface area contributed by atoms with E-state index >= 15 is 0 Å². The van der Waals surface area contributed by atoms with Crippen molar-refractivity contribution in [1.29, 1.82) is 0 Å². The van der Waals surface area contributed by atoms with Crippen molar-refractivity contribution in [1.82, 2.24) is 0 Å². The number of hydrogen-bond acceptors (Lipinski definition) is 3. The molecule has 0 unspecified atom stereocenters. The van der Waals surface area contributed by atoms with Gasteiger partial charge in [-0.1, -0.05) is 35.3 Å². The standard InChI is InChI=1S/C16H10Cl2N2O3/c1-8(21)19-14-12(17)6-9(7-13(14)18)20-15(22)10-4-2-3-5-11(10)16(20)23/h2-7H,1H3,(H,19,21). The van der Waals surface area contributed by atoms with Crippen molar-refractivity contribution in [2.75, 3.05) is 10.2 Å². The van der Waals surface area contributed by atoms with Crippen molar-refractivity contribution in [2.45, 2.75) is 6.92 Å². The highest BCUT2D eigenvalue weighted by molar-refractivity contribution is 6.41. The van der Waals surface area contributed by atoms with Crippen LogP contribution in [0.2, 0.25) is 10.0 Å². The van der Waals surface area contributed by atoms with Crippen LogP contribution in [-0.4, -0.2) is 17.7 Å². The van der Waals surface area contributed by atoms with E-state index in [0.29, 0.717) is 11.1 Å². The van der Waals surface area contributed by atoms with Crippen LogP contribution in [0.1, 0.15) is 27.6 Å².